The second kappa shape index (κ2) is 7.19. The van der Waals surface area contributed by atoms with E-state index >= 15 is 0 Å². The van der Waals surface area contributed by atoms with E-state index in [0.717, 1.165) is 5.56 Å². The molecule has 0 unspecified atom stereocenters. The number of benzene rings is 2. The first-order chi connectivity index (χ1) is 10.2. The van der Waals surface area contributed by atoms with E-state index in [1.165, 1.54) is 7.11 Å². The maximum Gasteiger partial charge on any atom is 0.411 e. The van der Waals surface area contributed by atoms with E-state index in [1.54, 1.807) is 25.3 Å². The summed E-state index contributed by atoms with van der Waals surface area (Å²) in [4.78, 5) is 11.7. The van der Waals surface area contributed by atoms with Gasteiger partial charge in [-0.15, -0.1) is 0 Å². The summed E-state index contributed by atoms with van der Waals surface area (Å²) in [6, 6.07) is 14.6. The molecule has 2 aromatic carbocycles. The number of carbonyl (C=O) groups excluding carboxylic acids is 1. The Balaban J connectivity index is 1.93. The molecule has 0 aliphatic carbocycles. The van der Waals surface area contributed by atoms with Crippen LogP contribution in [0.15, 0.2) is 48.5 Å². The molecule has 0 aliphatic rings. The minimum absolute atomic E-state index is 0.222. The van der Waals surface area contributed by atoms with Gasteiger partial charge in [-0.1, -0.05) is 30.3 Å². The van der Waals surface area contributed by atoms with Crippen LogP contribution in [0, 0.1) is 0 Å². The lowest BCUT2D eigenvalue weighted by molar-refractivity contribution is 0.155. The molecule has 0 bridgehead atoms. The van der Waals surface area contributed by atoms with Crippen LogP contribution in [-0.4, -0.2) is 20.3 Å². The number of hydrogen-bond acceptors (Lipinski definition) is 4. The maximum atomic E-state index is 11.7. The molecular formula is C16H17NO4. The lowest BCUT2D eigenvalue weighted by atomic mass is 10.2. The lowest BCUT2D eigenvalue weighted by Gasteiger charge is -2.11. The Morgan fingerprint density at radius 2 is 1.71 bits per heavy atom. The molecule has 1 amide bonds. The Labute approximate surface area is 123 Å². The normalized spacial score (nSPS) is 9.81. The zero-order valence-corrected chi connectivity index (χ0v) is 12.0. The van der Waals surface area contributed by atoms with E-state index in [4.69, 9.17) is 14.2 Å². The average Bonchev–Trinajstić information content (AvgIpc) is 2.53. The van der Waals surface area contributed by atoms with Crippen LogP contribution in [0.2, 0.25) is 0 Å². The zero-order valence-electron chi connectivity index (χ0n) is 12.0. The Morgan fingerprint density at radius 3 is 2.38 bits per heavy atom. The average molecular weight is 287 g/mol. The smallest absolute Gasteiger partial charge is 0.411 e. The van der Waals surface area contributed by atoms with E-state index in [1.807, 2.05) is 30.3 Å². The highest BCUT2D eigenvalue weighted by molar-refractivity contribution is 5.85. The topological polar surface area (TPSA) is 56.8 Å². The predicted molar refractivity (Wildman–Crippen MR) is 79.8 cm³/mol. The fourth-order valence-corrected chi connectivity index (χ4v) is 1.79. The van der Waals surface area contributed by atoms with Crippen molar-refractivity contribution in [2.75, 3.05) is 19.5 Å². The second-order valence-electron chi connectivity index (χ2n) is 4.26. The Kier molecular flexibility index (Phi) is 5.04. The number of methoxy groups -OCH3 is 2. The Bertz CT molecular complexity index is 598. The van der Waals surface area contributed by atoms with Crippen molar-refractivity contribution in [1.29, 1.82) is 0 Å². The van der Waals surface area contributed by atoms with Crippen molar-refractivity contribution in [2.24, 2.45) is 0 Å². The highest BCUT2D eigenvalue weighted by Crippen LogP contribution is 2.29. The molecule has 2 aromatic rings. The number of amides is 1. The van der Waals surface area contributed by atoms with Crippen molar-refractivity contribution in [3.63, 3.8) is 0 Å². The number of anilines is 1. The minimum Gasteiger partial charge on any atom is -0.493 e. The standard InChI is InChI=1S/C16H17NO4/c1-19-14-9-8-13(10-15(14)20-2)17-16(18)21-11-12-6-4-3-5-7-12/h3-10H,11H2,1-2H3,(H,17,18). The minimum atomic E-state index is -0.522. The Morgan fingerprint density at radius 1 is 1.00 bits per heavy atom. The van der Waals surface area contributed by atoms with Crippen LogP contribution in [-0.2, 0) is 11.3 Å². The summed E-state index contributed by atoms with van der Waals surface area (Å²) >= 11 is 0. The van der Waals surface area contributed by atoms with Gasteiger partial charge in [0.05, 0.1) is 14.2 Å². The largest absolute Gasteiger partial charge is 0.493 e. The first kappa shape index (κ1) is 14.7. The predicted octanol–water partition coefficient (Wildman–Crippen LogP) is 3.45. The van der Waals surface area contributed by atoms with Gasteiger partial charge in [0.15, 0.2) is 11.5 Å². The second-order valence-corrected chi connectivity index (χ2v) is 4.26. The number of rotatable bonds is 5. The van der Waals surface area contributed by atoms with E-state index < -0.39 is 6.09 Å². The fourth-order valence-electron chi connectivity index (χ4n) is 1.79. The van der Waals surface area contributed by atoms with Crippen molar-refractivity contribution in [3.8, 4) is 11.5 Å². The van der Waals surface area contributed by atoms with Gasteiger partial charge in [-0.05, 0) is 17.7 Å². The quantitative estimate of drug-likeness (QED) is 0.915. The molecule has 5 heteroatoms. The van der Waals surface area contributed by atoms with E-state index in [0.29, 0.717) is 17.2 Å². The molecule has 0 spiro atoms. The fraction of sp³-hybridized carbons (Fsp3) is 0.188. The molecule has 0 aromatic heterocycles. The van der Waals surface area contributed by atoms with Crippen LogP contribution in [0.4, 0.5) is 10.5 Å². The van der Waals surface area contributed by atoms with Crippen molar-refractivity contribution in [3.05, 3.63) is 54.1 Å². The van der Waals surface area contributed by atoms with Gasteiger partial charge >= 0.3 is 6.09 Å². The number of ether oxygens (including phenoxy) is 3. The molecule has 0 radical (unpaired) electrons. The molecule has 21 heavy (non-hydrogen) atoms. The van der Waals surface area contributed by atoms with Gasteiger partial charge in [0.2, 0.25) is 0 Å². The molecule has 0 atom stereocenters. The number of hydrogen-bond donors (Lipinski definition) is 1. The first-order valence-corrected chi connectivity index (χ1v) is 6.42. The van der Waals surface area contributed by atoms with Crippen molar-refractivity contribution in [1.82, 2.24) is 0 Å². The summed E-state index contributed by atoms with van der Waals surface area (Å²) in [7, 11) is 3.09. The molecule has 5 nitrogen and oxygen atoms in total. The molecule has 0 heterocycles. The van der Waals surface area contributed by atoms with Crippen LogP contribution in [0.25, 0.3) is 0 Å². The van der Waals surface area contributed by atoms with Gasteiger partial charge < -0.3 is 14.2 Å². The van der Waals surface area contributed by atoms with Crippen molar-refractivity contribution >= 4 is 11.8 Å². The van der Waals surface area contributed by atoms with Crippen LogP contribution >= 0.6 is 0 Å². The summed E-state index contributed by atoms with van der Waals surface area (Å²) in [5.74, 6) is 1.14. The molecule has 0 aliphatic heterocycles. The van der Waals surface area contributed by atoms with Crippen LogP contribution < -0.4 is 14.8 Å². The third kappa shape index (κ3) is 4.14. The monoisotopic (exact) mass is 287 g/mol. The molecule has 0 fully saturated rings. The third-order valence-corrected chi connectivity index (χ3v) is 2.84. The van der Waals surface area contributed by atoms with Crippen LogP contribution in [0.1, 0.15) is 5.56 Å². The third-order valence-electron chi connectivity index (χ3n) is 2.84. The molecule has 0 saturated carbocycles. The van der Waals surface area contributed by atoms with Gasteiger partial charge in [0.1, 0.15) is 6.61 Å². The van der Waals surface area contributed by atoms with E-state index in [-0.39, 0.29) is 6.61 Å². The van der Waals surface area contributed by atoms with E-state index in [9.17, 15) is 4.79 Å². The van der Waals surface area contributed by atoms with Crippen molar-refractivity contribution < 1.29 is 19.0 Å². The molecule has 1 N–H and O–H groups in total. The SMILES string of the molecule is COc1ccc(NC(=O)OCc2ccccc2)cc1OC. The summed E-state index contributed by atoms with van der Waals surface area (Å²) in [5.41, 5.74) is 1.51. The van der Waals surface area contributed by atoms with Crippen molar-refractivity contribution in [2.45, 2.75) is 6.61 Å². The van der Waals surface area contributed by atoms with Gasteiger partial charge in [-0.25, -0.2) is 4.79 Å². The van der Waals surface area contributed by atoms with Gasteiger partial charge in [-0.2, -0.15) is 0 Å². The molecular weight excluding hydrogens is 270 g/mol. The van der Waals surface area contributed by atoms with Gasteiger partial charge in [0, 0.05) is 11.8 Å². The van der Waals surface area contributed by atoms with Crippen LogP contribution in [0.3, 0.4) is 0 Å². The Hall–Kier alpha value is -2.69. The number of nitrogens with one attached hydrogen (secondary N) is 1. The molecule has 2 rings (SSSR count). The summed E-state index contributed by atoms with van der Waals surface area (Å²) < 4.78 is 15.4. The maximum absolute atomic E-state index is 11.7. The van der Waals surface area contributed by atoms with Gasteiger partial charge in [-0.3, -0.25) is 5.32 Å². The first-order valence-electron chi connectivity index (χ1n) is 6.42. The zero-order chi connectivity index (χ0) is 15.1. The summed E-state index contributed by atoms with van der Waals surface area (Å²) in [6.45, 7) is 0.222. The van der Waals surface area contributed by atoms with E-state index in [2.05, 4.69) is 5.32 Å². The number of carbonyl (C=O) groups is 1. The summed E-state index contributed by atoms with van der Waals surface area (Å²) in [6.07, 6.45) is -0.522. The highest BCUT2D eigenvalue weighted by atomic mass is 16.5. The summed E-state index contributed by atoms with van der Waals surface area (Å²) in [5, 5.41) is 2.64. The molecule has 0 saturated heterocycles. The lowest BCUT2D eigenvalue weighted by Crippen LogP contribution is -2.13. The van der Waals surface area contributed by atoms with Crippen LogP contribution in [0.5, 0.6) is 11.5 Å². The molecule has 110 valence electrons. The highest BCUT2D eigenvalue weighted by Gasteiger charge is 2.08. The van der Waals surface area contributed by atoms with Gasteiger partial charge in [0.25, 0.3) is 0 Å².